The zero-order valence-electron chi connectivity index (χ0n) is 9.27. The summed E-state index contributed by atoms with van der Waals surface area (Å²) in [7, 11) is 0. The lowest BCUT2D eigenvalue weighted by molar-refractivity contribution is 0.262. The third kappa shape index (κ3) is 2.50. The van der Waals surface area contributed by atoms with Crippen LogP contribution < -0.4 is 4.90 Å². The van der Waals surface area contributed by atoms with Gasteiger partial charge in [-0.2, -0.15) is 4.39 Å². The van der Waals surface area contributed by atoms with Crippen molar-refractivity contribution in [2.24, 2.45) is 0 Å². The van der Waals surface area contributed by atoms with Crippen molar-refractivity contribution >= 4 is 5.69 Å². The van der Waals surface area contributed by atoms with E-state index in [-0.39, 0.29) is 6.61 Å². The molecular formula is C12H17FN2O. The number of nitrogens with zero attached hydrogens (tertiary/aromatic N) is 2. The highest BCUT2D eigenvalue weighted by Gasteiger charge is 2.22. The Kier molecular flexibility index (Phi) is 3.72. The second-order valence-electron chi connectivity index (χ2n) is 4.19. The third-order valence-electron chi connectivity index (χ3n) is 3.13. The van der Waals surface area contributed by atoms with E-state index < -0.39 is 5.95 Å². The largest absolute Gasteiger partial charge is 0.396 e. The van der Waals surface area contributed by atoms with Gasteiger partial charge in [0.1, 0.15) is 0 Å². The van der Waals surface area contributed by atoms with Crippen LogP contribution in [0.3, 0.4) is 0 Å². The van der Waals surface area contributed by atoms with E-state index in [4.69, 9.17) is 5.11 Å². The van der Waals surface area contributed by atoms with E-state index in [1.807, 2.05) is 6.07 Å². The quantitative estimate of drug-likeness (QED) is 0.797. The van der Waals surface area contributed by atoms with E-state index in [1.165, 1.54) is 18.7 Å². The van der Waals surface area contributed by atoms with Gasteiger partial charge < -0.3 is 10.0 Å². The Morgan fingerprint density at radius 2 is 2.38 bits per heavy atom. The normalized spacial score (nSPS) is 21.1. The minimum atomic E-state index is -0.439. The number of aliphatic hydroxyl groups is 1. The van der Waals surface area contributed by atoms with Crippen LogP contribution in [0.4, 0.5) is 10.1 Å². The lowest BCUT2D eigenvalue weighted by Crippen LogP contribution is -2.40. The molecule has 1 aromatic heterocycles. The maximum absolute atomic E-state index is 13.0. The van der Waals surface area contributed by atoms with Gasteiger partial charge in [0.25, 0.3) is 0 Å². The molecule has 0 aromatic carbocycles. The van der Waals surface area contributed by atoms with Crippen LogP contribution in [0.15, 0.2) is 18.3 Å². The first-order valence-corrected chi connectivity index (χ1v) is 5.80. The molecule has 2 heterocycles. The summed E-state index contributed by atoms with van der Waals surface area (Å²) in [5, 5.41) is 9.02. The van der Waals surface area contributed by atoms with Gasteiger partial charge in [-0.25, -0.2) is 4.98 Å². The summed E-state index contributed by atoms with van der Waals surface area (Å²) in [6.45, 7) is 1.13. The average Bonchev–Trinajstić information content (AvgIpc) is 2.30. The highest BCUT2D eigenvalue weighted by molar-refractivity contribution is 5.46. The predicted octanol–water partition coefficient (Wildman–Crippen LogP) is 1.96. The van der Waals surface area contributed by atoms with Crippen LogP contribution in [-0.4, -0.2) is 29.3 Å². The predicted molar refractivity (Wildman–Crippen MR) is 60.9 cm³/mol. The van der Waals surface area contributed by atoms with Crippen molar-refractivity contribution in [2.45, 2.75) is 31.7 Å². The van der Waals surface area contributed by atoms with Crippen molar-refractivity contribution in [3.8, 4) is 0 Å². The zero-order chi connectivity index (χ0) is 11.4. The van der Waals surface area contributed by atoms with Crippen molar-refractivity contribution in [1.29, 1.82) is 0 Å². The molecule has 1 aromatic rings. The second-order valence-corrected chi connectivity index (χ2v) is 4.19. The second kappa shape index (κ2) is 5.25. The minimum Gasteiger partial charge on any atom is -0.396 e. The number of aliphatic hydroxyl groups excluding tert-OH is 1. The van der Waals surface area contributed by atoms with Crippen LogP contribution in [0.2, 0.25) is 0 Å². The van der Waals surface area contributed by atoms with Crippen molar-refractivity contribution in [3.05, 3.63) is 24.3 Å². The number of hydrogen-bond donors (Lipinski definition) is 1. The SMILES string of the molecule is OCCC1CCCCN1c1ccnc(F)c1. The van der Waals surface area contributed by atoms with E-state index in [0.29, 0.717) is 6.04 Å². The van der Waals surface area contributed by atoms with E-state index >= 15 is 0 Å². The molecule has 16 heavy (non-hydrogen) atoms. The molecule has 1 saturated heterocycles. The molecule has 1 atom stereocenters. The summed E-state index contributed by atoms with van der Waals surface area (Å²) in [5.41, 5.74) is 0.880. The fraction of sp³-hybridized carbons (Fsp3) is 0.583. The summed E-state index contributed by atoms with van der Waals surface area (Å²) in [6.07, 6.45) is 5.64. The van der Waals surface area contributed by atoms with Crippen molar-refractivity contribution in [2.75, 3.05) is 18.1 Å². The van der Waals surface area contributed by atoms with Crippen LogP contribution in [-0.2, 0) is 0 Å². The van der Waals surface area contributed by atoms with E-state index in [0.717, 1.165) is 31.5 Å². The van der Waals surface area contributed by atoms with E-state index in [2.05, 4.69) is 9.88 Å². The molecular weight excluding hydrogens is 207 g/mol. The van der Waals surface area contributed by atoms with Crippen LogP contribution in [0.25, 0.3) is 0 Å². The van der Waals surface area contributed by atoms with Gasteiger partial charge in [0.15, 0.2) is 0 Å². The fourth-order valence-corrected chi connectivity index (χ4v) is 2.36. The highest BCUT2D eigenvalue weighted by Crippen LogP contribution is 2.26. The first-order valence-electron chi connectivity index (χ1n) is 5.80. The number of halogens is 1. The third-order valence-corrected chi connectivity index (χ3v) is 3.13. The highest BCUT2D eigenvalue weighted by atomic mass is 19.1. The summed E-state index contributed by atoms with van der Waals surface area (Å²) in [4.78, 5) is 5.75. The van der Waals surface area contributed by atoms with Gasteiger partial charge in [0.05, 0.1) is 0 Å². The standard InChI is InChI=1S/C12H17FN2O/c13-12-9-11(4-6-14-12)15-7-2-1-3-10(15)5-8-16/h4,6,9-10,16H,1-3,5,7-8H2. The molecule has 88 valence electrons. The number of rotatable bonds is 3. The summed E-state index contributed by atoms with van der Waals surface area (Å²) < 4.78 is 13.0. The Bertz CT molecular complexity index is 344. The van der Waals surface area contributed by atoms with E-state index in [9.17, 15) is 4.39 Å². The lowest BCUT2D eigenvalue weighted by Gasteiger charge is -2.37. The first-order chi connectivity index (χ1) is 7.81. The molecule has 3 nitrogen and oxygen atoms in total. The number of anilines is 1. The maximum Gasteiger partial charge on any atom is 0.214 e. The zero-order valence-corrected chi connectivity index (χ0v) is 9.27. The molecule has 0 bridgehead atoms. The first kappa shape index (κ1) is 11.3. The summed E-state index contributed by atoms with van der Waals surface area (Å²) >= 11 is 0. The molecule has 2 rings (SSSR count). The molecule has 0 aliphatic carbocycles. The van der Waals surface area contributed by atoms with Crippen LogP contribution in [0.5, 0.6) is 0 Å². The van der Waals surface area contributed by atoms with Gasteiger partial charge in [-0.1, -0.05) is 0 Å². The molecule has 1 N–H and O–H groups in total. The Balaban J connectivity index is 2.16. The van der Waals surface area contributed by atoms with Crippen molar-refractivity contribution in [3.63, 3.8) is 0 Å². The van der Waals surface area contributed by atoms with Crippen LogP contribution in [0, 0.1) is 5.95 Å². The van der Waals surface area contributed by atoms with Gasteiger partial charge in [-0.05, 0) is 31.7 Å². The summed E-state index contributed by atoms with van der Waals surface area (Å²) in [6, 6.07) is 3.63. The Hall–Kier alpha value is -1.16. The number of pyridine rings is 1. The Morgan fingerprint density at radius 3 is 3.12 bits per heavy atom. The molecule has 0 saturated carbocycles. The fourth-order valence-electron chi connectivity index (χ4n) is 2.36. The lowest BCUT2D eigenvalue weighted by atomic mass is 9.99. The topological polar surface area (TPSA) is 36.4 Å². The molecule has 1 fully saturated rings. The molecule has 1 aliphatic rings. The molecule has 0 spiro atoms. The molecule has 1 unspecified atom stereocenters. The smallest absolute Gasteiger partial charge is 0.214 e. The Labute approximate surface area is 94.9 Å². The van der Waals surface area contributed by atoms with Gasteiger partial charge in [-0.3, -0.25) is 0 Å². The van der Waals surface area contributed by atoms with Crippen molar-refractivity contribution in [1.82, 2.24) is 4.98 Å². The number of piperidine rings is 1. The molecule has 1 aliphatic heterocycles. The van der Waals surface area contributed by atoms with Crippen LogP contribution in [0.1, 0.15) is 25.7 Å². The Morgan fingerprint density at radius 1 is 1.50 bits per heavy atom. The molecule has 0 radical (unpaired) electrons. The van der Waals surface area contributed by atoms with Gasteiger partial charge >= 0.3 is 0 Å². The molecule has 4 heteroatoms. The summed E-state index contributed by atoms with van der Waals surface area (Å²) in [5.74, 6) is -0.439. The van der Waals surface area contributed by atoms with Gasteiger partial charge in [0, 0.05) is 37.1 Å². The number of hydrogen-bond acceptors (Lipinski definition) is 3. The molecule has 0 amide bonds. The average molecular weight is 224 g/mol. The monoisotopic (exact) mass is 224 g/mol. The van der Waals surface area contributed by atoms with E-state index in [1.54, 1.807) is 0 Å². The minimum absolute atomic E-state index is 0.189. The van der Waals surface area contributed by atoms with Crippen molar-refractivity contribution < 1.29 is 9.50 Å². The van der Waals surface area contributed by atoms with Gasteiger partial charge in [0.2, 0.25) is 5.95 Å². The maximum atomic E-state index is 13.0. The number of aromatic nitrogens is 1. The van der Waals surface area contributed by atoms with Gasteiger partial charge in [-0.15, -0.1) is 0 Å². The van der Waals surface area contributed by atoms with Crippen LogP contribution >= 0.6 is 0 Å².